The van der Waals surface area contributed by atoms with Crippen LogP contribution in [0.2, 0.25) is 0 Å². The zero-order chi connectivity index (χ0) is 20.0. The highest BCUT2D eigenvalue weighted by Crippen LogP contribution is 2.43. The minimum absolute atomic E-state index is 0.0142. The van der Waals surface area contributed by atoms with Crippen molar-refractivity contribution in [3.63, 3.8) is 0 Å². The number of fused-ring (bicyclic) bond motifs is 1. The molecule has 2 aliphatic rings. The van der Waals surface area contributed by atoms with Crippen LogP contribution in [-0.4, -0.2) is 79.9 Å². The summed E-state index contributed by atoms with van der Waals surface area (Å²) in [6, 6.07) is 8.98. The van der Waals surface area contributed by atoms with Crippen molar-refractivity contribution in [1.82, 2.24) is 15.1 Å². The number of carbonyl (C=O) groups is 1. The summed E-state index contributed by atoms with van der Waals surface area (Å²) in [7, 11) is 2.16. The molecule has 2 fully saturated rings. The Morgan fingerprint density at radius 3 is 2.79 bits per heavy atom. The molecule has 1 aromatic carbocycles. The first-order chi connectivity index (χ1) is 13.5. The van der Waals surface area contributed by atoms with E-state index in [1.54, 1.807) is 0 Å². The van der Waals surface area contributed by atoms with Crippen LogP contribution < -0.4 is 5.32 Å². The van der Waals surface area contributed by atoms with Gasteiger partial charge in [0.25, 0.3) is 0 Å². The summed E-state index contributed by atoms with van der Waals surface area (Å²) in [6.45, 7) is 7.22. The van der Waals surface area contributed by atoms with E-state index >= 15 is 0 Å². The minimum Gasteiger partial charge on any atom is -0.394 e. The fourth-order valence-corrected chi connectivity index (χ4v) is 4.70. The van der Waals surface area contributed by atoms with Crippen LogP contribution in [0.4, 0.5) is 0 Å². The lowest BCUT2D eigenvalue weighted by atomic mass is 9.67. The van der Waals surface area contributed by atoms with E-state index in [-0.39, 0.29) is 24.0 Å². The molecular weight excluding hydrogens is 354 g/mol. The third-order valence-corrected chi connectivity index (χ3v) is 6.30. The van der Waals surface area contributed by atoms with Crippen molar-refractivity contribution in [2.75, 3.05) is 53.0 Å². The monoisotopic (exact) mass is 389 g/mol. The number of nitrogens with zero attached hydrogens (tertiary/aromatic N) is 2. The number of aliphatic hydroxyl groups excluding tert-OH is 1. The van der Waals surface area contributed by atoms with E-state index in [2.05, 4.69) is 53.4 Å². The molecule has 156 valence electrons. The van der Waals surface area contributed by atoms with E-state index < -0.39 is 0 Å². The zero-order valence-electron chi connectivity index (χ0n) is 17.3. The van der Waals surface area contributed by atoms with E-state index in [9.17, 15) is 4.79 Å². The fraction of sp³-hybridized carbons (Fsp3) is 0.682. The Balaban J connectivity index is 1.70. The Morgan fingerprint density at radius 2 is 2.04 bits per heavy atom. The van der Waals surface area contributed by atoms with Crippen LogP contribution >= 0.6 is 0 Å². The molecule has 6 heteroatoms. The molecule has 2 saturated heterocycles. The molecule has 6 nitrogen and oxygen atoms in total. The second kappa shape index (κ2) is 9.83. The largest absolute Gasteiger partial charge is 0.394 e. The SMILES string of the molecule is Cc1ccc(CN2CCC[C@@]3(C(=O)NCCOCCO)CCN(C)C[C@H]23)cc1. The van der Waals surface area contributed by atoms with Crippen molar-refractivity contribution in [3.8, 4) is 0 Å². The number of rotatable bonds is 8. The molecule has 2 aliphatic heterocycles. The lowest BCUT2D eigenvalue weighted by Gasteiger charge is -2.53. The molecule has 28 heavy (non-hydrogen) atoms. The van der Waals surface area contributed by atoms with E-state index in [0.29, 0.717) is 19.8 Å². The Labute approximate surface area is 168 Å². The van der Waals surface area contributed by atoms with Crippen LogP contribution in [0, 0.1) is 12.3 Å². The molecule has 0 unspecified atom stereocenters. The third kappa shape index (κ3) is 4.92. The van der Waals surface area contributed by atoms with Crippen LogP contribution in [0.5, 0.6) is 0 Å². The van der Waals surface area contributed by atoms with Crippen molar-refractivity contribution in [3.05, 3.63) is 35.4 Å². The highest BCUT2D eigenvalue weighted by molar-refractivity contribution is 5.84. The summed E-state index contributed by atoms with van der Waals surface area (Å²) in [4.78, 5) is 18.1. The van der Waals surface area contributed by atoms with Gasteiger partial charge in [0, 0.05) is 25.7 Å². The molecule has 0 radical (unpaired) electrons. The van der Waals surface area contributed by atoms with Crippen LogP contribution in [-0.2, 0) is 16.1 Å². The number of hydrogen-bond acceptors (Lipinski definition) is 5. The maximum absolute atomic E-state index is 13.3. The number of amides is 1. The van der Waals surface area contributed by atoms with Gasteiger partial charge >= 0.3 is 0 Å². The molecule has 2 atom stereocenters. The molecule has 0 bridgehead atoms. The lowest BCUT2D eigenvalue weighted by molar-refractivity contribution is -0.145. The molecule has 0 aromatic heterocycles. The zero-order valence-corrected chi connectivity index (χ0v) is 17.3. The van der Waals surface area contributed by atoms with Crippen LogP contribution in [0.25, 0.3) is 0 Å². The molecule has 0 spiro atoms. The van der Waals surface area contributed by atoms with Gasteiger partial charge in [-0.3, -0.25) is 9.69 Å². The van der Waals surface area contributed by atoms with Gasteiger partial charge in [0.15, 0.2) is 0 Å². The van der Waals surface area contributed by atoms with E-state index in [1.165, 1.54) is 11.1 Å². The van der Waals surface area contributed by atoms with Crippen molar-refractivity contribution >= 4 is 5.91 Å². The van der Waals surface area contributed by atoms with Gasteiger partial charge in [-0.2, -0.15) is 0 Å². The topological polar surface area (TPSA) is 65.0 Å². The van der Waals surface area contributed by atoms with E-state index in [0.717, 1.165) is 45.4 Å². The second-order valence-corrected chi connectivity index (χ2v) is 8.34. The Bertz CT molecular complexity index is 636. The Morgan fingerprint density at radius 1 is 1.25 bits per heavy atom. The van der Waals surface area contributed by atoms with Gasteiger partial charge in [-0.1, -0.05) is 29.8 Å². The van der Waals surface area contributed by atoms with Crippen LogP contribution in [0.15, 0.2) is 24.3 Å². The van der Waals surface area contributed by atoms with Crippen LogP contribution in [0.3, 0.4) is 0 Å². The molecular formula is C22H35N3O3. The van der Waals surface area contributed by atoms with Crippen LogP contribution in [0.1, 0.15) is 30.4 Å². The average Bonchev–Trinajstić information content (AvgIpc) is 2.70. The van der Waals surface area contributed by atoms with Crippen molar-refractivity contribution in [1.29, 1.82) is 0 Å². The van der Waals surface area contributed by atoms with E-state index in [1.807, 2.05) is 0 Å². The number of likely N-dealkylation sites (tertiary alicyclic amines) is 2. The van der Waals surface area contributed by atoms with Gasteiger partial charge in [0.2, 0.25) is 5.91 Å². The molecule has 0 saturated carbocycles. The van der Waals surface area contributed by atoms with Gasteiger partial charge in [-0.25, -0.2) is 0 Å². The van der Waals surface area contributed by atoms with Gasteiger partial charge < -0.3 is 20.1 Å². The number of nitrogens with one attached hydrogen (secondary N) is 1. The minimum atomic E-state index is -0.313. The summed E-state index contributed by atoms with van der Waals surface area (Å²) < 4.78 is 5.30. The Kier molecular flexibility index (Phi) is 7.46. The van der Waals surface area contributed by atoms with Gasteiger partial charge in [-0.05, 0) is 51.9 Å². The van der Waals surface area contributed by atoms with Crippen molar-refractivity contribution in [2.24, 2.45) is 5.41 Å². The van der Waals surface area contributed by atoms with Gasteiger partial charge in [-0.15, -0.1) is 0 Å². The maximum atomic E-state index is 13.3. The fourth-order valence-electron chi connectivity index (χ4n) is 4.70. The van der Waals surface area contributed by atoms with Crippen molar-refractivity contribution in [2.45, 2.75) is 38.8 Å². The first-order valence-corrected chi connectivity index (χ1v) is 10.5. The highest BCUT2D eigenvalue weighted by Gasteiger charge is 2.51. The maximum Gasteiger partial charge on any atom is 0.227 e. The molecule has 2 heterocycles. The number of piperidine rings is 2. The normalized spacial score (nSPS) is 26.0. The first-order valence-electron chi connectivity index (χ1n) is 10.5. The number of likely N-dealkylation sites (N-methyl/N-ethyl adjacent to an activating group) is 1. The predicted molar refractivity (Wildman–Crippen MR) is 110 cm³/mol. The Hall–Kier alpha value is -1.47. The molecule has 1 amide bonds. The summed E-state index contributed by atoms with van der Waals surface area (Å²) >= 11 is 0. The average molecular weight is 390 g/mol. The highest BCUT2D eigenvalue weighted by atomic mass is 16.5. The quantitative estimate of drug-likeness (QED) is 0.658. The van der Waals surface area contributed by atoms with E-state index in [4.69, 9.17) is 9.84 Å². The van der Waals surface area contributed by atoms with Gasteiger partial charge in [0.1, 0.15) is 0 Å². The number of aliphatic hydroxyl groups is 1. The number of carbonyl (C=O) groups excluding carboxylic acids is 1. The molecule has 2 N–H and O–H groups in total. The predicted octanol–water partition coefficient (Wildman–Crippen LogP) is 1.41. The summed E-state index contributed by atoms with van der Waals surface area (Å²) in [5.74, 6) is 0.173. The number of hydrogen-bond donors (Lipinski definition) is 2. The number of ether oxygens (including phenoxy) is 1. The van der Waals surface area contributed by atoms with Gasteiger partial charge in [0.05, 0.1) is 25.2 Å². The number of aryl methyl sites for hydroxylation is 1. The molecule has 0 aliphatic carbocycles. The first kappa shape index (κ1) is 21.2. The lowest BCUT2D eigenvalue weighted by Crippen LogP contribution is -2.65. The summed E-state index contributed by atoms with van der Waals surface area (Å²) in [5.41, 5.74) is 2.27. The third-order valence-electron chi connectivity index (χ3n) is 6.30. The standard InChI is InChI=1S/C22H35N3O3/c1-18-4-6-19(7-5-18)16-25-11-3-8-22(9-12-24(2)17-20(22)25)21(27)23-10-14-28-15-13-26/h4-7,20,26H,3,8-17H2,1-2H3,(H,23,27)/t20-,22+/m0/s1. The molecule has 1 aromatic rings. The van der Waals surface area contributed by atoms with Crippen molar-refractivity contribution < 1.29 is 14.6 Å². The summed E-state index contributed by atoms with van der Waals surface area (Å²) in [5, 5.41) is 11.9. The summed E-state index contributed by atoms with van der Waals surface area (Å²) in [6.07, 6.45) is 2.92. The second-order valence-electron chi connectivity index (χ2n) is 8.34. The molecule has 3 rings (SSSR count). The number of benzene rings is 1. The smallest absolute Gasteiger partial charge is 0.227 e.